The molecule has 1 N–H and O–H groups in total. The number of aliphatic hydroxyl groups is 1. The van der Waals surface area contributed by atoms with E-state index in [0.717, 1.165) is 36.5 Å². The van der Waals surface area contributed by atoms with Crippen LogP contribution in [0.15, 0.2) is 39.8 Å². The molecule has 4 rings (SSSR count). The standard InChI is InChI=1S/C19H22N4O3/c1-13-14(11-20-26-13)12-22-8-4-7-17(22)18-21-16-6-3-2-5-15(16)19(25)23(18)9-10-24/h2-3,5-6,11,17,24H,4,7-10,12H2,1H3. The number of aromatic nitrogens is 3. The zero-order valence-corrected chi connectivity index (χ0v) is 14.8. The summed E-state index contributed by atoms with van der Waals surface area (Å²) in [5.41, 5.74) is 1.66. The first-order valence-corrected chi connectivity index (χ1v) is 8.93. The number of aliphatic hydroxyl groups excluding tert-OH is 1. The van der Waals surface area contributed by atoms with Gasteiger partial charge < -0.3 is 9.63 Å². The first kappa shape index (κ1) is 16.9. The van der Waals surface area contributed by atoms with Crippen molar-refractivity contribution < 1.29 is 9.63 Å². The predicted octanol–water partition coefficient (Wildman–Crippen LogP) is 2.02. The van der Waals surface area contributed by atoms with E-state index in [1.54, 1.807) is 16.8 Å². The molecule has 2 aromatic heterocycles. The molecule has 0 bridgehead atoms. The predicted molar refractivity (Wildman–Crippen MR) is 96.7 cm³/mol. The lowest BCUT2D eigenvalue weighted by Crippen LogP contribution is -2.33. The number of aryl methyl sites for hydroxylation is 1. The first-order valence-electron chi connectivity index (χ1n) is 8.93. The molecule has 0 radical (unpaired) electrons. The maximum absolute atomic E-state index is 12.9. The number of fused-ring (bicyclic) bond motifs is 1. The molecule has 1 aromatic carbocycles. The summed E-state index contributed by atoms with van der Waals surface area (Å²) in [6.45, 7) is 3.70. The van der Waals surface area contributed by atoms with Crippen LogP contribution in [-0.2, 0) is 13.1 Å². The number of rotatable bonds is 5. The van der Waals surface area contributed by atoms with Crippen LogP contribution in [0.4, 0.5) is 0 Å². The van der Waals surface area contributed by atoms with Crippen molar-refractivity contribution in [1.82, 2.24) is 19.6 Å². The molecule has 0 amide bonds. The highest BCUT2D eigenvalue weighted by molar-refractivity contribution is 5.77. The molecule has 0 spiro atoms. The van der Waals surface area contributed by atoms with E-state index >= 15 is 0 Å². The van der Waals surface area contributed by atoms with E-state index in [-0.39, 0.29) is 24.8 Å². The summed E-state index contributed by atoms with van der Waals surface area (Å²) in [6, 6.07) is 7.42. The topological polar surface area (TPSA) is 84.4 Å². The van der Waals surface area contributed by atoms with Gasteiger partial charge in [0.2, 0.25) is 0 Å². The number of hydrogen-bond donors (Lipinski definition) is 1. The minimum absolute atomic E-state index is 0.0353. The van der Waals surface area contributed by atoms with Crippen LogP contribution in [0.2, 0.25) is 0 Å². The van der Waals surface area contributed by atoms with Gasteiger partial charge >= 0.3 is 0 Å². The third kappa shape index (κ3) is 2.93. The number of hydrogen-bond acceptors (Lipinski definition) is 6. The molecule has 1 fully saturated rings. The van der Waals surface area contributed by atoms with E-state index in [1.807, 2.05) is 25.1 Å². The number of para-hydroxylation sites is 1. The first-order chi connectivity index (χ1) is 12.7. The summed E-state index contributed by atoms with van der Waals surface area (Å²) in [7, 11) is 0. The molecule has 1 atom stereocenters. The summed E-state index contributed by atoms with van der Waals surface area (Å²) in [5, 5.41) is 13.9. The summed E-state index contributed by atoms with van der Waals surface area (Å²) >= 11 is 0. The lowest BCUT2D eigenvalue weighted by molar-refractivity contribution is 0.222. The number of nitrogens with zero attached hydrogens (tertiary/aromatic N) is 4. The Kier molecular flexibility index (Phi) is 4.57. The van der Waals surface area contributed by atoms with E-state index < -0.39 is 0 Å². The molecule has 1 aliphatic rings. The minimum Gasteiger partial charge on any atom is -0.395 e. The van der Waals surface area contributed by atoms with Crippen LogP contribution in [-0.4, -0.2) is 37.9 Å². The Bertz CT molecular complexity index is 978. The van der Waals surface area contributed by atoms with E-state index in [4.69, 9.17) is 9.51 Å². The quantitative estimate of drug-likeness (QED) is 0.755. The Morgan fingerprint density at radius 2 is 2.19 bits per heavy atom. The van der Waals surface area contributed by atoms with Crippen LogP contribution in [0.1, 0.15) is 36.0 Å². The monoisotopic (exact) mass is 354 g/mol. The minimum atomic E-state index is -0.0929. The average Bonchev–Trinajstić information content (AvgIpc) is 3.27. The molecule has 1 aliphatic heterocycles. The molecule has 1 unspecified atom stereocenters. The van der Waals surface area contributed by atoms with Crippen LogP contribution in [0.5, 0.6) is 0 Å². The Morgan fingerprint density at radius 3 is 2.96 bits per heavy atom. The molecule has 26 heavy (non-hydrogen) atoms. The van der Waals surface area contributed by atoms with Gasteiger partial charge in [-0.1, -0.05) is 17.3 Å². The second-order valence-corrected chi connectivity index (χ2v) is 6.70. The molecule has 7 heteroatoms. The Labute approximate surface area is 150 Å². The van der Waals surface area contributed by atoms with Crippen molar-refractivity contribution >= 4 is 10.9 Å². The van der Waals surface area contributed by atoms with Crippen molar-refractivity contribution in [2.45, 2.75) is 38.9 Å². The summed E-state index contributed by atoms with van der Waals surface area (Å²) in [6.07, 6.45) is 3.72. The highest BCUT2D eigenvalue weighted by Gasteiger charge is 2.31. The zero-order valence-electron chi connectivity index (χ0n) is 14.8. The molecule has 1 saturated heterocycles. The fourth-order valence-electron chi connectivity index (χ4n) is 3.75. The highest BCUT2D eigenvalue weighted by atomic mass is 16.5. The van der Waals surface area contributed by atoms with Gasteiger partial charge in [-0.25, -0.2) is 4.98 Å². The van der Waals surface area contributed by atoms with E-state index in [1.165, 1.54) is 0 Å². The highest BCUT2D eigenvalue weighted by Crippen LogP contribution is 2.32. The lowest BCUT2D eigenvalue weighted by Gasteiger charge is -2.26. The summed E-state index contributed by atoms with van der Waals surface area (Å²) < 4.78 is 6.80. The molecular formula is C19H22N4O3. The number of likely N-dealkylation sites (tertiary alicyclic amines) is 1. The molecule has 3 heterocycles. The molecule has 0 saturated carbocycles. The largest absolute Gasteiger partial charge is 0.395 e. The fraction of sp³-hybridized carbons (Fsp3) is 0.421. The van der Waals surface area contributed by atoms with E-state index in [0.29, 0.717) is 17.4 Å². The van der Waals surface area contributed by atoms with Crippen molar-refractivity contribution in [3.63, 3.8) is 0 Å². The van der Waals surface area contributed by atoms with Gasteiger partial charge in [-0.15, -0.1) is 0 Å². The van der Waals surface area contributed by atoms with Crippen LogP contribution in [0, 0.1) is 6.92 Å². The van der Waals surface area contributed by atoms with Gasteiger partial charge in [0.1, 0.15) is 11.6 Å². The maximum atomic E-state index is 12.9. The number of benzene rings is 1. The smallest absolute Gasteiger partial charge is 0.261 e. The fourth-order valence-corrected chi connectivity index (χ4v) is 3.75. The van der Waals surface area contributed by atoms with Gasteiger partial charge in [0.25, 0.3) is 5.56 Å². The molecule has 136 valence electrons. The second kappa shape index (κ2) is 7.01. The third-order valence-electron chi connectivity index (χ3n) is 5.10. The van der Waals surface area contributed by atoms with Gasteiger partial charge in [0, 0.05) is 12.1 Å². The van der Waals surface area contributed by atoms with Crippen molar-refractivity contribution in [1.29, 1.82) is 0 Å². The van der Waals surface area contributed by atoms with Gasteiger partial charge in [0.15, 0.2) is 0 Å². The average molecular weight is 354 g/mol. The van der Waals surface area contributed by atoms with Crippen LogP contribution in [0.25, 0.3) is 10.9 Å². The molecule has 3 aromatic rings. The summed E-state index contributed by atoms with van der Waals surface area (Å²) in [5.74, 6) is 1.55. The van der Waals surface area contributed by atoms with Crippen LogP contribution in [0.3, 0.4) is 0 Å². The van der Waals surface area contributed by atoms with Crippen molar-refractivity contribution in [2.75, 3.05) is 13.2 Å². The van der Waals surface area contributed by atoms with Crippen molar-refractivity contribution in [3.05, 3.63) is 58.0 Å². The Morgan fingerprint density at radius 1 is 1.35 bits per heavy atom. The van der Waals surface area contributed by atoms with Gasteiger partial charge in [-0.05, 0) is 38.4 Å². The van der Waals surface area contributed by atoms with Crippen LogP contribution < -0.4 is 5.56 Å². The maximum Gasteiger partial charge on any atom is 0.261 e. The van der Waals surface area contributed by atoms with Crippen molar-refractivity contribution in [2.24, 2.45) is 0 Å². The van der Waals surface area contributed by atoms with E-state index in [9.17, 15) is 9.90 Å². The SMILES string of the molecule is Cc1oncc1CN1CCCC1c1nc2ccccc2c(=O)n1CCO. The Hall–Kier alpha value is -2.51. The third-order valence-corrected chi connectivity index (χ3v) is 5.10. The zero-order chi connectivity index (χ0) is 18.1. The Balaban J connectivity index is 1.77. The van der Waals surface area contributed by atoms with Gasteiger partial charge in [-0.3, -0.25) is 14.3 Å². The second-order valence-electron chi connectivity index (χ2n) is 6.70. The molecular weight excluding hydrogens is 332 g/mol. The summed E-state index contributed by atoms with van der Waals surface area (Å²) in [4.78, 5) is 20.1. The van der Waals surface area contributed by atoms with Crippen LogP contribution >= 0.6 is 0 Å². The normalized spacial score (nSPS) is 18.0. The van der Waals surface area contributed by atoms with Crippen molar-refractivity contribution in [3.8, 4) is 0 Å². The molecule has 0 aliphatic carbocycles. The van der Waals surface area contributed by atoms with E-state index in [2.05, 4.69) is 10.1 Å². The van der Waals surface area contributed by atoms with Gasteiger partial charge in [0.05, 0.1) is 36.3 Å². The lowest BCUT2D eigenvalue weighted by atomic mass is 10.1. The van der Waals surface area contributed by atoms with Gasteiger partial charge in [-0.2, -0.15) is 0 Å². The molecule has 7 nitrogen and oxygen atoms in total.